The fourth-order valence-electron chi connectivity index (χ4n) is 2.21. The van der Waals surface area contributed by atoms with Gasteiger partial charge in [-0.3, -0.25) is 14.7 Å². The van der Waals surface area contributed by atoms with Crippen molar-refractivity contribution >= 4 is 36.6 Å². The lowest BCUT2D eigenvalue weighted by Gasteiger charge is -2.12. The molecule has 2 amide bonds. The summed E-state index contributed by atoms with van der Waals surface area (Å²) in [5.74, 6) is -1.14. The number of primary amides is 2. The highest BCUT2D eigenvalue weighted by Gasteiger charge is 2.18. The van der Waals surface area contributed by atoms with Crippen LogP contribution in [0.2, 0.25) is 0 Å². The molecule has 0 atom stereocenters. The van der Waals surface area contributed by atoms with Gasteiger partial charge < -0.3 is 11.5 Å². The van der Waals surface area contributed by atoms with Crippen LogP contribution >= 0.6 is 24.8 Å². The van der Waals surface area contributed by atoms with E-state index in [1.807, 2.05) is 6.92 Å². The molecule has 0 saturated heterocycles. The molecule has 0 unspecified atom stereocenters. The lowest BCUT2D eigenvalue weighted by atomic mass is 9.92. The maximum Gasteiger partial charge on any atom is 0.249 e. The summed E-state index contributed by atoms with van der Waals surface area (Å²) in [5, 5.41) is 6.53. The number of halogens is 2. The number of rotatable bonds is 5. The first-order valence-corrected chi connectivity index (χ1v) is 6.30. The molecule has 22 heavy (non-hydrogen) atoms. The molecule has 0 bridgehead atoms. The van der Waals surface area contributed by atoms with Crippen LogP contribution in [0.4, 0.5) is 0 Å². The van der Waals surface area contributed by atoms with Gasteiger partial charge in [0.15, 0.2) is 0 Å². The Morgan fingerprint density at radius 3 is 2.00 bits per heavy atom. The third-order valence-electron chi connectivity index (χ3n) is 3.11. The topological polar surface area (TPSA) is 115 Å². The van der Waals surface area contributed by atoms with Gasteiger partial charge in [0.05, 0.1) is 6.20 Å². The van der Waals surface area contributed by atoms with E-state index in [9.17, 15) is 9.59 Å². The van der Waals surface area contributed by atoms with E-state index < -0.39 is 11.8 Å². The van der Waals surface area contributed by atoms with Gasteiger partial charge in [-0.15, -0.1) is 24.8 Å². The first-order chi connectivity index (χ1) is 9.54. The van der Waals surface area contributed by atoms with Crippen molar-refractivity contribution < 1.29 is 9.59 Å². The average molecular weight is 345 g/mol. The molecule has 0 spiro atoms. The van der Waals surface area contributed by atoms with Crippen LogP contribution in [0.5, 0.6) is 0 Å². The second-order valence-corrected chi connectivity index (χ2v) is 4.52. The SMILES string of the molecule is CCCc1c(C(N)=O)cc(-c2cn[nH]c2)cc1C(N)=O.Cl.Cl. The molecular formula is C14H18Cl2N4O2. The van der Waals surface area contributed by atoms with Crippen LogP contribution in [-0.4, -0.2) is 22.0 Å². The van der Waals surface area contributed by atoms with Crippen molar-refractivity contribution in [3.05, 3.63) is 41.2 Å². The van der Waals surface area contributed by atoms with Crippen molar-refractivity contribution in [1.29, 1.82) is 0 Å². The van der Waals surface area contributed by atoms with E-state index in [0.717, 1.165) is 12.0 Å². The minimum atomic E-state index is -0.568. The van der Waals surface area contributed by atoms with Gasteiger partial charge >= 0.3 is 0 Å². The number of carbonyl (C=O) groups excluding carboxylic acids is 2. The molecule has 0 fully saturated rings. The Labute approximate surface area is 140 Å². The Hall–Kier alpha value is -2.05. The molecule has 0 saturated carbocycles. The number of benzene rings is 1. The Bertz CT molecular complexity index is 622. The predicted molar refractivity (Wildman–Crippen MR) is 89.6 cm³/mol. The fourth-order valence-corrected chi connectivity index (χ4v) is 2.21. The highest BCUT2D eigenvalue weighted by Crippen LogP contribution is 2.26. The van der Waals surface area contributed by atoms with Gasteiger partial charge in [0.25, 0.3) is 0 Å². The number of hydrogen-bond donors (Lipinski definition) is 3. The first kappa shape index (κ1) is 19.9. The molecular weight excluding hydrogens is 327 g/mol. The Balaban J connectivity index is 0.00000220. The van der Waals surface area contributed by atoms with E-state index in [1.54, 1.807) is 24.5 Å². The molecule has 1 aromatic heterocycles. The summed E-state index contributed by atoms with van der Waals surface area (Å²) in [6.07, 6.45) is 4.63. The highest BCUT2D eigenvalue weighted by atomic mass is 35.5. The Morgan fingerprint density at radius 1 is 1.09 bits per heavy atom. The van der Waals surface area contributed by atoms with Crippen molar-refractivity contribution in [3.63, 3.8) is 0 Å². The molecule has 120 valence electrons. The molecule has 8 heteroatoms. The number of amides is 2. The largest absolute Gasteiger partial charge is 0.366 e. The van der Waals surface area contributed by atoms with Gasteiger partial charge in [0, 0.05) is 22.9 Å². The summed E-state index contributed by atoms with van der Waals surface area (Å²) in [6, 6.07) is 3.34. The third kappa shape index (κ3) is 3.99. The number of carbonyl (C=O) groups is 2. The van der Waals surface area contributed by atoms with Gasteiger partial charge in [0.1, 0.15) is 0 Å². The van der Waals surface area contributed by atoms with Gasteiger partial charge in [0.2, 0.25) is 11.8 Å². The van der Waals surface area contributed by atoms with Crippen molar-refractivity contribution in [2.45, 2.75) is 19.8 Å². The Kier molecular flexibility index (Phi) is 7.62. The second-order valence-electron chi connectivity index (χ2n) is 4.52. The summed E-state index contributed by atoms with van der Waals surface area (Å²) in [7, 11) is 0. The molecule has 0 aliphatic heterocycles. The first-order valence-electron chi connectivity index (χ1n) is 6.30. The third-order valence-corrected chi connectivity index (χ3v) is 3.11. The zero-order valence-corrected chi connectivity index (χ0v) is 13.6. The van der Waals surface area contributed by atoms with Crippen LogP contribution < -0.4 is 11.5 Å². The standard InChI is InChI=1S/C14H16N4O2.2ClH/c1-2-3-10-11(13(15)19)4-8(5-12(10)14(16)20)9-6-17-18-7-9;;/h4-7H,2-3H2,1H3,(H2,15,19)(H2,16,20)(H,17,18);2*1H. The number of nitrogens with two attached hydrogens (primary N) is 2. The van der Waals surface area contributed by atoms with E-state index >= 15 is 0 Å². The molecule has 2 aromatic rings. The minimum absolute atomic E-state index is 0. The van der Waals surface area contributed by atoms with Crippen LogP contribution in [0.3, 0.4) is 0 Å². The van der Waals surface area contributed by atoms with Crippen LogP contribution in [0.15, 0.2) is 24.5 Å². The van der Waals surface area contributed by atoms with Crippen LogP contribution in [0.25, 0.3) is 11.1 Å². The van der Waals surface area contributed by atoms with Crippen molar-refractivity contribution in [1.82, 2.24) is 10.2 Å². The summed E-state index contributed by atoms with van der Waals surface area (Å²) in [5.41, 5.74) is 13.6. The minimum Gasteiger partial charge on any atom is -0.366 e. The maximum atomic E-state index is 11.6. The molecule has 0 radical (unpaired) electrons. The van der Waals surface area contributed by atoms with Crippen LogP contribution in [0.1, 0.15) is 39.6 Å². The van der Waals surface area contributed by atoms with Crippen LogP contribution in [-0.2, 0) is 6.42 Å². The summed E-state index contributed by atoms with van der Waals surface area (Å²) in [6.45, 7) is 1.96. The zero-order valence-electron chi connectivity index (χ0n) is 12.0. The second kappa shape index (κ2) is 8.41. The van der Waals surface area contributed by atoms with Gasteiger partial charge in [-0.05, 0) is 29.7 Å². The van der Waals surface area contributed by atoms with E-state index in [1.165, 1.54) is 0 Å². The van der Waals surface area contributed by atoms with Crippen molar-refractivity contribution in [2.75, 3.05) is 0 Å². The average Bonchev–Trinajstić information content (AvgIpc) is 2.92. The molecule has 6 nitrogen and oxygen atoms in total. The fraction of sp³-hybridized carbons (Fsp3) is 0.214. The molecule has 0 aliphatic carbocycles. The van der Waals surface area contributed by atoms with E-state index in [4.69, 9.17) is 11.5 Å². The molecule has 5 N–H and O–H groups in total. The number of nitrogens with one attached hydrogen (secondary N) is 1. The predicted octanol–water partition coefficient (Wildman–Crippen LogP) is 2.07. The Morgan fingerprint density at radius 2 is 1.64 bits per heavy atom. The van der Waals surface area contributed by atoms with E-state index in [2.05, 4.69) is 10.2 Å². The highest BCUT2D eigenvalue weighted by molar-refractivity contribution is 6.02. The number of hydrogen-bond acceptors (Lipinski definition) is 3. The van der Waals surface area contributed by atoms with Gasteiger partial charge in [-0.25, -0.2) is 0 Å². The lowest BCUT2D eigenvalue weighted by molar-refractivity contribution is 0.0999. The smallest absolute Gasteiger partial charge is 0.249 e. The quantitative estimate of drug-likeness (QED) is 0.770. The zero-order chi connectivity index (χ0) is 14.7. The molecule has 1 heterocycles. The molecule has 1 aromatic carbocycles. The summed E-state index contributed by atoms with van der Waals surface area (Å²) < 4.78 is 0. The van der Waals surface area contributed by atoms with Gasteiger partial charge in [-0.2, -0.15) is 5.10 Å². The van der Waals surface area contributed by atoms with E-state index in [-0.39, 0.29) is 24.8 Å². The number of aromatic amines is 1. The monoisotopic (exact) mass is 344 g/mol. The lowest BCUT2D eigenvalue weighted by Crippen LogP contribution is -2.20. The van der Waals surface area contributed by atoms with Crippen molar-refractivity contribution in [3.8, 4) is 11.1 Å². The normalized spacial score (nSPS) is 9.50. The summed E-state index contributed by atoms with van der Waals surface area (Å²) >= 11 is 0. The maximum absolute atomic E-state index is 11.6. The number of aromatic nitrogens is 2. The van der Waals surface area contributed by atoms with E-state index in [0.29, 0.717) is 28.7 Å². The summed E-state index contributed by atoms with van der Waals surface area (Å²) in [4.78, 5) is 23.3. The van der Waals surface area contributed by atoms with Crippen molar-refractivity contribution in [2.24, 2.45) is 11.5 Å². The molecule has 2 rings (SSSR count). The number of nitrogens with zero attached hydrogens (tertiary/aromatic N) is 1. The van der Waals surface area contributed by atoms with Crippen LogP contribution in [0, 0.1) is 0 Å². The van der Waals surface area contributed by atoms with Gasteiger partial charge in [-0.1, -0.05) is 13.3 Å². The molecule has 0 aliphatic rings. The number of H-pyrrole nitrogens is 1.